The van der Waals surface area contributed by atoms with Gasteiger partial charge < -0.3 is 25.6 Å². The number of benzene rings is 2. The lowest BCUT2D eigenvalue weighted by atomic mass is 9.97. The molecule has 202 valence electrons. The molecule has 0 unspecified atom stereocenters. The molecule has 5 rings (SSSR count). The number of phenolic OH excluding ortho intramolecular Hbond substituents is 1. The van der Waals surface area contributed by atoms with E-state index in [4.69, 9.17) is 17.3 Å². The summed E-state index contributed by atoms with van der Waals surface area (Å²) >= 11 is 6.52. The zero-order chi connectivity index (χ0) is 27.8. The number of aromatic hydroxyl groups is 1. The molecule has 4 aromatic rings. The fraction of sp³-hybridized carbons (Fsp3) is 0.250. The molecule has 1 atom stereocenters. The maximum atomic E-state index is 15.0. The summed E-state index contributed by atoms with van der Waals surface area (Å²) in [6.07, 6.45) is 4.28. The van der Waals surface area contributed by atoms with Gasteiger partial charge in [-0.15, -0.1) is 0 Å². The molecule has 2 aromatic heterocycles. The Morgan fingerprint density at radius 3 is 2.54 bits per heavy atom. The highest BCUT2D eigenvalue weighted by Gasteiger charge is 2.23. The summed E-state index contributed by atoms with van der Waals surface area (Å²) in [6.45, 7) is 3.01. The molecule has 1 aliphatic rings. The standard InChI is InChI=1S/C28H28ClFN6O3/c1-3-26(37)33-24-11-17(12-25(32-24)35-7-6-19(31)15-35)21-14-18(30)13-20(27(21)38)16-4-5-23(22(29)10-16)36-9-8-34(2)28(36)39/h4-5,8-14,19,38H,3,6-7,15,31H2,1-2H3,(H,32,33,37)/t19-/m0/s1. The van der Waals surface area contributed by atoms with E-state index in [-0.39, 0.29) is 46.0 Å². The Labute approximate surface area is 229 Å². The molecule has 9 nitrogen and oxygen atoms in total. The molecule has 0 bridgehead atoms. The largest absolute Gasteiger partial charge is 0.507 e. The van der Waals surface area contributed by atoms with E-state index in [0.717, 1.165) is 6.42 Å². The van der Waals surface area contributed by atoms with Gasteiger partial charge in [0, 0.05) is 56.1 Å². The minimum atomic E-state index is -0.571. The van der Waals surface area contributed by atoms with E-state index >= 15 is 0 Å². The summed E-state index contributed by atoms with van der Waals surface area (Å²) in [5.74, 6) is -0.100. The maximum absolute atomic E-state index is 15.0. The number of halogens is 2. The van der Waals surface area contributed by atoms with E-state index < -0.39 is 5.82 Å². The predicted octanol–water partition coefficient (Wildman–Crippen LogP) is 4.29. The molecule has 2 aromatic carbocycles. The Balaban J connectivity index is 1.60. The van der Waals surface area contributed by atoms with Gasteiger partial charge in [0.25, 0.3) is 0 Å². The van der Waals surface area contributed by atoms with E-state index in [1.807, 2.05) is 4.90 Å². The van der Waals surface area contributed by atoms with Crippen molar-refractivity contribution in [3.63, 3.8) is 0 Å². The number of aromatic nitrogens is 3. The number of hydrogen-bond donors (Lipinski definition) is 3. The third kappa shape index (κ3) is 5.25. The van der Waals surface area contributed by atoms with Gasteiger partial charge in [-0.2, -0.15) is 0 Å². The van der Waals surface area contributed by atoms with Gasteiger partial charge in [0.1, 0.15) is 23.2 Å². The smallest absolute Gasteiger partial charge is 0.332 e. The molecule has 1 saturated heterocycles. The van der Waals surface area contributed by atoms with E-state index in [0.29, 0.717) is 41.5 Å². The number of rotatable bonds is 6. The van der Waals surface area contributed by atoms with Crippen LogP contribution in [0, 0.1) is 5.82 Å². The number of anilines is 2. The normalized spacial score (nSPS) is 15.1. The molecule has 1 aliphatic heterocycles. The molecule has 4 N–H and O–H groups in total. The van der Waals surface area contributed by atoms with Crippen molar-refractivity contribution in [2.75, 3.05) is 23.3 Å². The van der Waals surface area contributed by atoms with E-state index in [1.165, 1.54) is 21.3 Å². The Bertz CT molecular complexity index is 1630. The molecule has 1 fully saturated rings. The van der Waals surface area contributed by atoms with Gasteiger partial charge in [-0.05, 0) is 53.9 Å². The molecule has 11 heteroatoms. The van der Waals surface area contributed by atoms with Crippen LogP contribution in [-0.2, 0) is 11.8 Å². The molecule has 1 amide bonds. The molecule has 0 spiro atoms. The molecular weight excluding hydrogens is 523 g/mol. The average molecular weight is 551 g/mol. The van der Waals surface area contributed by atoms with Gasteiger partial charge in [0.05, 0.1) is 10.7 Å². The van der Waals surface area contributed by atoms with Crippen LogP contribution >= 0.6 is 11.6 Å². The topological polar surface area (TPSA) is 118 Å². The van der Waals surface area contributed by atoms with Crippen LogP contribution in [0.15, 0.2) is 59.7 Å². The number of carbonyl (C=O) groups is 1. The monoisotopic (exact) mass is 550 g/mol. The van der Waals surface area contributed by atoms with Crippen molar-refractivity contribution in [3.8, 4) is 33.7 Å². The first-order valence-electron chi connectivity index (χ1n) is 12.5. The summed E-state index contributed by atoms with van der Waals surface area (Å²) in [5, 5.41) is 14.4. The first-order valence-corrected chi connectivity index (χ1v) is 12.9. The zero-order valence-electron chi connectivity index (χ0n) is 21.5. The first-order chi connectivity index (χ1) is 18.6. The summed E-state index contributed by atoms with van der Waals surface area (Å²) in [5.41, 5.74) is 7.67. The number of nitrogens with zero attached hydrogens (tertiary/aromatic N) is 4. The van der Waals surface area contributed by atoms with Crippen LogP contribution in [0.25, 0.3) is 27.9 Å². The summed E-state index contributed by atoms with van der Waals surface area (Å²) in [7, 11) is 1.63. The van der Waals surface area contributed by atoms with Crippen molar-refractivity contribution in [2.45, 2.75) is 25.8 Å². The van der Waals surface area contributed by atoms with Gasteiger partial charge >= 0.3 is 5.69 Å². The Hall–Kier alpha value is -4.15. The van der Waals surface area contributed by atoms with Crippen LogP contribution in [0.4, 0.5) is 16.0 Å². The van der Waals surface area contributed by atoms with Gasteiger partial charge in [0.2, 0.25) is 5.91 Å². The highest BCUT2D eigenvalue weighted by Crippen LogP contribution is 2.41. The third-order valence-electron chi connectivity index (χ3n) is 6.80. The summed E-state index contributed by atoms with van der Waals surface area (Å²) in [4.78, 5) is 31.1. The minimum Gasteiger partial charge on any atom is -0.507 e. The van der Waals surface area contributed by atoms with Crippen molar-refractivity contribution >= 4 is 29.1 Å². The zero-order valence-corrected chi connectivity index (χ0v) is 22.2. The summed E-state index contributed by atoms with van der Waals surface area (Å²) in [6, 6.07) is 10.7. The second kappa shape index (κ2) is 10.5. The van der Waals surface area contributed by atoms with Gasteiger partial charge in [-0.1, -0.05) is 24.6 Å². The van der Waals surface area contributed by atoms with Crippen molar-refractivity contribution in [2.24, 2.45) is 12.8 Å². The van der Waals surface area contributed by atoms with E-state index in [1.54, 1.807) is 56.7 Å². The van der Waals surface area contributed by atoms with Crippen LogP contribution in [0.5, 0.6) is 5.75 Å². The molecule has 0 aliphatic carbocycles. The van der Waals surface area contributed by atoms with Crippen molar-refractivity contribution in [1.29, 1.82) is 0 Å². The number of aryl methyl sites for hydroxylation is 1. The predicted molar refractivity (Wildman–Crippen MR) is 150 cm³/mol. The molecule has 39 heavy (non-hydrogen) atoms. The summed E-state index contributed by atoms with van der Waals surface area (Å²) < 4.78 is 17.8. The quantitative estimate of drug-likeness (QED) is 0.329. The number of pyridine rings is 1. The second-order valence-corrected chi connectivity index (χ2v) is 9.98. The highest BCUT2D eigenvalue weighted by atomic mass is 35.5. The number of nitrogens with one attached hydrogen (secondary N) is 1. The third-order valence-corrected chi connectivity index (χ3v) is 7.10. The average Bonchev–Trinajstić information content (AvgIpc) is 3.49. The Morgan fingerprint density at radius 2 is 1.92 bits per heavy atom. The van der Waals surface area contributed by atoms with Crippen LogP contribution in [0.3, 0.4) is 0 Å². The second-order valence-electron chi connectivity index (χ2n) is 9.57. The number of phenols is 1. The molecule has 3 heterocycles. The van der Waals surface area contributed by atoms with Gasteiger partial charge in [-0.25, -0.2) is 14.2 Å². The van der Waals surface area contributed by atoms with Crippen molar-refractivity contribution in [3.05, 3.63) is 76.2 Å². The van der Waals surface area contributed by atoms with Crippen LogP contribution in [0.2, 0.25) is 5.02 Å². The van der Waals surface area contributed by atoms with E-state index in [9.17, 15) is 19.1 Å². The minimum absolute atomic E-state index is 0.00206. The number of hydrogen-bond acceptors (Lipinski definition) is 6. The van der Waals surface area contributed by atoms with Crippen molar-refractivity contribution < 1.29 is 14.3 Å². The lowest BCUT2D eigenvalue weighted by molar-refractivity contribution is -0.115. The van der Waals surface area contributed by atoms with Crippen molar-refractivity contribution in [1.82, 2.24) is 14.1 Å². The van der Waals surface area contributed by atoms with Gasteiger partial charge in [-0.3, -0.25) is 9.36 Å². The number of carbonyl (C=O) groups excluding carboxylic acids is 1. The van der Waals surface area contributed by atoms with Crippen LogP contribution < -0.4 is 21.6 Å². The Kier molecular flexibility index (Phi) is 7.16. The fourth-order valence-electron chi connectivity index (χ4n) is 4.68. The van der Waals surface area contributed by atoms with Crippen LogP contribution in [0.1, 0.15) is 19.8 Å². The molecule has 0 radical (unpaired) electrons. The van der Waals surface area contributed by atoms with E-state index in [2.05, 4.69) is 10.3 Å². The fourth-order valence-corrected chi connectivity index (χ4v) is 4.95. The lowest BCUT2D eigenvalue weighted by Gasteiger charge is -2.20. The first kappa shape index (κ1) is 26.5. The van der Waals surface area contributed by atoms with Gasteiger partial charge in [0.15, 0.2) is 0 Å². The molecule has 0 saturated carbocycles. The maximum Gasteiger partial charge on any atom is 0.332 e. The lowest BCUT2D eigenvalue weighted by Crippen LogP contribution is -2.27. The number of imidazole rings is 1. The number of nitrogens with two attached hydrogens (primary N) is 1. The SMILES string of the molecule is CCC(=O)Nc1cc(-c2cc(F)cc(-c3ccc(-n4ccn(C)c4=O)c(Cl)c3)c2O)cc(N2CC[C@H](N)C2)n1. The highest BCUT2D eigenvalue weighted by molar-refractivity contribution is 6.32. The molecular formula is C28H28ClFN6O3. The Morgan fingerprint density at radius 1 is 1.18 bits per heavy atom. The van der Waals surface area contributed by atoms with Crippen LogP contribution in [-0.4, -0.2) is 44.3 Å². The number of amides is 1.